The van der Waals surface area contributed by atoms with Gasteiger partial charge in [0.1, 0.15) is 17.3 Å². The Kier molecular flexibility index (Phi) is 6.26. The third-order valence-electron chi connectivity index (χ3n) is 4.89. The highest BCUT2D eigenvalue weighted by Gasteiger charge is 2.20. The molecule has 0 bridgehead atoms. The predicted molar refractivity (Wildman–Crippen MR) is 118 cm³/mol. The Morgan fingerprint density at radius 3 is 2.42 bits per heavy atom. The molecule has 0 atom stereocenters. The summed E-state index contributed by atoms with van der Waals surface area (Å²) in [5.74, 6) is 0.171. The molecule has 0 saturated heterocycles. The van der Waals surface area contributed by atoms with Gasteiger partial charge in [-0.15, -0.1) is 0 Å². The maximum Gasteiger partial charge on any atom is 0.295 e. The third-order valence-corrected chi connectivity index (χ3v) is 4.89. The molecule has 2 aromatic carbocycles. The molecule has 31 heavy (non-hydrogen) atoms. The van der Waals surface area contributed by atoms with Gasteiger partial charge in [0.05, 0.1) is 25.6 Å². The topological polar surface area (TPSA) is 98.3 Å². The number of amides is 1. The van der Waals surface area contributed by atoms with E-state index in [2.05, 4.69) is 5.32 Å². The summed E-state index contributed by atoms with van der Waals surface area (Å²) in [6.45, 7) is 1.72. The minimum absolute atomic E-state index is 0.107. The highest BCUT2D eigenvalue weighted by Crippen LogP contribution is 2.32. The summed E-state index contributed by atoms with van der Waals surface area (Å²) in [4.78, 5) is 25.8. The zero-order chi connectivity index (χ0) is 22.5. The van der Waals surface area contributed by atoms with Crippen molar-refractivity contribution in [2.45, 2.75) is 6.92 Å². The Bertz CT molecular complexity index is 1250. The first-order chi connectivity index (χ1) is 14.9. The Morgan fingerprint density at radius 1 is 1.10 bits per heavy atom. The standard InChI is InChI=1S/C23H22N4O4/c1-15-20(23(29)27(26(15)2)18-10-6-5-7-11-18)25-22(28)17(14-24)13-16-9-8-12-19(30-3)21(16)31-4/h5-13H,1-4H3,(H,25,28). The quantitative estimate of drug-likeness (QED) is 0.490. The van der Waals surface area contributed by atoms with Gasteiger partial charge in [0.2, 0.25) is 0 Å². The summed E-state index contributed by atoms with van der Waals surface area (Å²) in [7, 11) is 4.70. The minimum atomic E-state index is -0.696. The summed E-state index contributed by atoms with van der Waals surface area (Å²) >= 11 is 0. The van der Waals surface area contributed by atoms with Crippen LogP contribution in [0.15, 0.2) is 58.9 Å². The SMILES string of the molecule is COc1cccc(C=C(C#N)C(=O)Nc2c(C)n(C)n(-c3ccccc3)c2=O)c1OC. The number of methoxy groups -OCH3 is 2. The predicted octanol–water partition coefficient (Wildman–Crippen LogP) is 3.05. The number of carbonyl (C=O) groups excluding carboxylic acids is 1. The third kappa shape index (κ3) is 4.07. The molecule has 1 N–H and O–H groups in total. The van der Waals surface area contributed by atoms with E-state index < -0.39 is 11.5 Å². The van der Waals surface area contributed by atoms with Crippen LogP contribution in [0.3, 0.4) is 0 Å². The van der Waals surface area contributed by atoms with Gasteiger partial charge in [0.15, 0.2) is 11.5 Å². The lowest BCUT2D eigenvalue weighted by atomic mass is 10.1. The Hall–Kier alpha value is -4.25. The number of hydrogen-bond acceptors (Lipinski definition) is 5. The van der Waals surface area contributed by atoms with E-state index in [1.54, 1.807) is 49.0 Å². The van der Waals surface area contributed by atoms with Gasteiger partial charge in [-0.05, 0) is 31.2 Å². The number of rotatable bonds is 6. The molecule has 1 amide bonds. The maximum atomic E-state index is 13.0. The van der Waals surface area contributed by atoms with Crippen LogP contribution in [0.2, 0.25) is 0 Å². The fraction of sp³-hybridized carbons (Fsp3) is 0.174. The van der Waals surface area contributed by atoms with E-state index >= 15 is 0 Å². The van der Waals surface area contributed by atoms with Crippen molar-refractivity contribution in [3.63, 3.8) is 0 Å². The number of carbonyl (C=O) groups is 1. The summed E-state index contributed by atoms with van der Waals surface area (Å²) in [6.07, 6.45) is 1.39. The number of anilines is 1. The molecule has 1 aromatic heterocycles. The van der Waals surface area contributed by atoms with Crippen molar-refractivity contribution in [1.29, 1.82) is 5.26 Å². The smallest absolute Gasteiger partial charge is 0.295 e. The lowest BCUT2D eigenvalue weighted by molar-refractivity contribution is -0.112. The highest BCUT2D eigenvalue weighted by molar-refractivity contribution is 6.10. The lowest BCUT2D eigenvalue weighted by Gasteiger charge is -2.10. The fourth-order valence-electron chi connectivity index (χ4n) is 3.22. The first-order valence-corrected chi connectivity index (χ1v) is 9.41. The summed E-state index contributed by atoms with van der Waals surface area (Å²) < 4.78 is 13.7. The molecule has 1 heterocycles. The van der Waals surface area contributed by atoms with E-state index in [-0.39, 0.29) is 11.3 Å². The van der Waals surface area contributed by atoms with Gasteiger partial charge < -0.3 is 14.8 Å². The molecule has 0 radical (unpaired) electrons. The number of para-hydroxylation sites is 2. The molecule has 0 fully saturated rings. The number of aromatic nitrogens is 2. The van der Waals surface area contributed by atoms with E-state index in [1.807, 2.05) is 24.3 Å². The summed E-state index contributed by atoms with van der Waals surface area (Å²) in [6, 6.07) is 16.1. The number of ether oxygens (including phenoxy) is 2. The van der Waals surface area contributed by atoms with E-state index in [4.69, 9.17) is 9.47 Å². The van der Waals surface area contributed by atoms with Crippen LogP contribution in [0, 0.1) is 18.3 Å². The van der Waals surface area contributed by atoms with Crippen LogP contribution >= 0.6 is 0 Å². The highest BCUT2D eigenvalue weighted by atomic mass is 16.5. The number of nitrogens with one attached hydrogen (secondary N) is 1. The Labute approximate surface area is 179 Å². The molecule has 3 aromatic rings. The number of nitrogens with zero attached hydrogens (tertiary/aromatic N) is 3. The number of hydrogen-bond donors (Lipinski definition) is 1. The second kappa shape index (κ2) is 9.05. The van der Waals surface area contributed by atoms with Crippen molar-refractivity contribution in [2.24, 2.45) is 7.05 Å². The molecule has 158 valence electrons. The van der Waals surface area contributed by atoms with E-state index in [9.17, 15) is 14.9 Å². The average Bonchev–Trinajstić information content (AvgIpc) is 3.00. The van der Waals surface area contributed by atoms with Crippen molar-refractivity contribution in [3.8, 4) is 23.3 Å². The van der Waals surface area contributed by atoms with Gasteiger partial charge in [0, 0.05) is 12.6 Å². The maximum absolute atomic E-state index is 13.0. The van der Waals surface area contributed by atoms with Crippen LogP contribution in [0.4, 0.5) is 5.69 Å². The molecule has 0 spiro atoms. The zero-order valence-corrected chi connectivity index (χ0v) is 17.7. The molecule has 0 aliphatic rings. The molecule has 0 saturated carbocycles. The van der Waals surface area contributed by atoms with Crippen LogP contribution in [0.25, 0.3) is 11.8 Å². The molecule has 8 nitrogen and oxygen atoms in total. The van der Waals surface area contributed by atoms with E-state index in [1.165, 1.54) is 25.0 Å². The Balaban J connectivity index is 1.99. The first kappa shape index (κ1) is 21.5. The van der Waals surface area contributed by atoms with Gasteiger partial charge in [-0.3, -0.25) is 14.3 Å². The lowest BCUT2D eigenvalue weighted by Crippen LogP contribution is -2.23. The van der Waals surface area contributed by atoms with E-state index in [0.717, 1.165) is 0 Å². The van der Waals surface area contributed by atoms with Gasteiger partial charge in [0.25, 0.3) is 11.5 Å². The number of benzene rings is 2. The van der Waals surface area contributed by atoms with E-state index in [0.29, 0.717) is 28.4 Å². The molecular weight excluding hydrogens is 396 g/mol. The molecule has 0 aliphatic carbocycles. The number of nitriles is 1. The molecule has 8 heteroatoms. The second-order valence-corrected chi connectivity index (χ2v) is 6.64. The van der Waals surface area contributed by atoms with Gasteiger partial charge in [-0.1, -0.05) is 30.3 Å². The second-order valence-electron chi connectivity index (χ2n) is 6.64. The minimum Gasteiger partial charge on any atom is -0.493 e. The van der Waals surface area contributed by atoms with Crippen molar-refractivity contribution in [3.05, 3.63) is 75.7 Å². The van der Waals surface area contributed by atoms with Crippen LogP contribution in [0.5, 0.6) is 11.5 Å². The van der Waals surface area contributed by atoms with Crippen LogP contribution in [-0.2, 0) is 11.8 Å². The monoisotopic (exact) mass is 418 g/mol. The van der Waals surface area contributed by atoms with Crippen molar-refractivity contribution >= 4 is 17.7 Å². The zero-order valence-electron chi connectivity index (χ0n) is 17.7. The van der Waals surface area contributed by atoms with Gasteiger partial charge >= 0.3 is 0 Å². The van der Waals surface area contributed by atoms with Crippen molar-refractivity contribution in [1.82, 2.24) is 9.36 Å². The van der Waals surface area contributed by atoms with Crippen LogP contribution < -0.4 is 20.3 Å². The average molecular weight is 418 g/mol. The summed E-state index contributed by atoms with van der Waals surface area (Å²) in [5.41, 5.74) is 1.25. The van der Waals surface area contributed by atoms with Crippen molar-refractivity contribution in [2.75, 3.05) is 19.5 Å². The normalized spacial score (nSPS) is 11.0. The van der Waals surface area contributed by atoms with Gasteiger partial charge in [-0.2, -0.15) is 5.26 Å². The van der Waals surface area contributed by atoms with Gasteiger partial charge in [-0.25, -0.2) is 4.68 Å². The molecular formula is C23H22N4O4. The van der Waals surface area contributed by atoms with Crippen LogP contribution in [-0.4, -0.2) is 29.5 Å². The Morgan fingerprint density at radius 2 is 1.81 bits per heavy atom. The largest absolute Gasteiger partial charge is 0.493 e. The van der Waals surface area contributed by atoms with Crippen LogP contribution in [0.1, 0.15) is 11.3 Å². The molecule has 0 unspecified atom stereocenters. The molecule has 0 aliphatic heterocycles. The first-order valence-electron chi connectivity index (χ1n) is 9.41. The van der Waals surface area contributed by atoms with Crippen molar-refractivity contribution < 1.29 is 14.3 Å². The molecule has 3 rings (SSSR count). The summed E-state index contributed by atoms with van der Waals surface area (Å²) in [5, 5.41) is 12.2. The fourth-order valence-corrected chi connectivity index (χ4v) is 3.22.